The molecule has 4 nitrogen and oxygen atoms in total. The Morgan fingerprint density at radius 1 is 0.850 bits per heavy atom. The van der Waals surface area contributed by atoms with Crippen LogP contribution in [0.1, 0.15) is 15.9 Å². The molecule has 0 atom stereocenters. The van der Waals surface area contributed by atoms with Crippen LogP contribution in [0.15, 0.2) is 54.6 Å². The van der Waals surface area contributed by atoms with E-state index < -0.39 is 11.9 Å². The lowest BCUT2D eigenvalue weighted by molar-refractivity contribution is -0.131. The maximum atomic E-state index is 11.3. The highest BCUT2D eigenvalue weighted by molar-refractivity contribution is 5.98. The highest BCUT2D eigenvalue weighted by Crippen LogP contribution is 2.28. The molecule has 0 spiro atoms. The number of carboxylic acid groups (broad SMARTS) is 2. The molecule has 0 fully saturated rings. The van der Waals surface area contributed by atoms with Gasteiger partial charge in [-0.1, -0.05) is 42.5 Å². The summed E-state index contributed by atoms with van der Waals surface area (Å²) in [5.41, 5.74) is 2.08. The molecule has 0 aliphatic carbocycles. The van der Waals surface area contributed by atoms with E-state index >= 15 is 0 Å². The Labute approximate surface area is 115 Å². The molecule has 0 bridgehead atoms. The highest BCUT2D eigenvalue weighted by Gasteiger charge is 2.12. The minimum Gasteiger partial charge on any atom is -0.478 e. The van der Waals surface area contributed by atoms with E-state index in [9.17, 15) is 14.7 Å². The lowest BCUT2D eigenvalue weighted by Gasteiger charge is -2.09. The van der Waals surface area contributed by atoms with Crippen molar-refractivity contribution in [2.24, 2.45) is 0 Å². The molecule has 0 saturated heterocycles. The second-order valence-electron chi connectivity index (χ2n) is 4.11. The molecule has 0 unspecified atom stereocenters. The molecule has 0 amide bonds. The third-order valence-corrected chi connectivity index (χ3v) is 2.81. The summed E-state index contributed by atoms with van der Waals surface area (Å²) in [6.45, 7) is 0. The summed E-state index contributed by atoms with van der Waals surface area (Å²) in [7, 11) is 0. The van der Waals surface area contributed by atoms with Gasteiger partial charge in [-0.2, -0.15) is 0 Å². The Kier molecular flexibility index (Phi) is 3.96. The molecule has 2 rings (SSSR count). The lowest BCUT2D eigenvalue weighted by Crippen LogP contribution is -1.99. The maximum Gasteiger partial charge on any atom is 0.336 e. The number of aromatic carboxylic acids is 1. The Balaban J connectivity index is 2.59. The third kappa shape index (κ3) is 2.92. The average molecular weight is 268 g/mol. The fourth-order valence-corrected chi connectivity index (χ4v) is 1.95. The molecule has 0 radical (unpaired) electrons. The van der Waals surface area contributed by atoms with Crippen LogP contribution in [0.5, 0.6) is 0 Å². The zero-order valence-electron chi connectivity index (χ0n) is 10.5. The monoisotopic (exact) mass is 268 g/mol. The van der Waals surface area contributed by atoms with Crippen molar-refractivity contribution >= 4 is 18.0 Å². The lowest BCUT2D eigenvalue weighted by atomic mass is 9.95. The Bertz CT molecular complexity index is 686. The molecule has 2 aromatic carbocycles. The summed E-state index contributed by atoms with van der Waals surface area (Å²) in [5, 5.41) is 17.9. The van der Waals surface area contributed by atoms with Crippen LogP contribution in [-0.4, -0.2) is 22.2 Å². The van der Waals surface area contributed by atoms with Gasteiger partial charge in [-0.05, 0) is 28.8 Å². The normalized spacial score (nSPS) is 10.6. The average Bonchev–Trinajstić information content (AvgIpc) is 2.45. The van der Waals surface area contributed by atoms with Crippen LogP contribution in [0.3, 0.4) is 0 Å². The van der Waals surface area contributed by atoms with Gasteiger partial charge in [0.1, 0.15) is 0 Å². The summed E-state index contributed by atoms with van der Waals surface area (Å²) < 4.78 is 0. The van der Waals surface area contributed by atoms with Gasteiger partial charge >= 0.3 is 11.9 Å². The highest BCUT2D eigenvalue weighted by atomic mass is 16.4. The van der Waals surface area contributed by atoms with Crippen molar-refractivity contribution < 1.29 is 19.8 Å². The van der Waals surface area contributed by atoms with Crippen molar-refractivity contribution in [3.8, 4) is 11.1 Å². The summed E-state index contributed by atoms with van der Waals surface area (Å²) in [4.78, 5) is 21.9. The van der Waals surface area contributed by atoms with Crippen molar-refractivity contribution in [1.29, 1.82) is 0 Å². The van der Waals surface area contributed by atoms with Gasteiger partial charge in [0, 0.05) is 6.08 Å². The van der Waals surface area contributed by atoms with Crippen LogP contribution < -0.4 is 0 Å². The van der Waals surface area contributed by atoms with Crippen molar-refractivity contribution in [2.45, 2.75) is 0 Å². The number of aliphatic carboxylic acids is 1. The Morgan fingerprint density at radius 2 is 1.45 bits per heavy atom. The molecule has 20 heavy (non-hydrogen) atoms. The largest absolute Gasteiger partial charge is 0.478 e. The first-order valence-electron chi connectivity index (χ1n) is 5.92. The molecule has 0 saturated carbocycles. The second-order valence-corrected chi connectivity index (χ2v) is 4.11. The van der Waals surface area contributed by atoms with Gasteiger partial charge in [0.25, 0.3) is 0 Å². The van der Waals surface area contributed by atoms with Gasteiger partial charge in [0.2, 0.25) is 0 Å². The minimum atomic E-state index is -1.05. The Morgan fingerprint density at radius 3 is 2.10 bits per heavy atom. The van der Waals surface area contributed by atoms with Gasteiger partial charge in [0.15, 0.2) is 0 Å². The van der Waals surface area contributed by atoms with E-state index in [0.29, 0.717) is 16.7 Å². The van der Waals surface area contributed by atoms with Gasteiger partial charge in [0.05, 0.1) is 5.56 Å². The molecule has 100 valence electrons. The van der Waals surface area contributed by atoms with E-state index in [1.165, 1.54) is 12.1 Å². The number of carboxylic acids is 2. The number of benzene rings is 2. The van der Waals surface area contributed by atoms with E-state index in [0.717, 1.165) is 6.08 Å². The maximum absolute atomic E-state index is 11.3. The number of hydrogen-bond acceptors (Lipinski definition) is 2. The number of hydrogen-bond donors (Lipinski definition) is 2. The van der Waals surface area contributed by atoms with E-state index in [1.54, 1.807) is 42.5 Å². The van der Waals surface area contributed by atoms with Crippen LogP contribution in [0.4, 0.5) is 0 Å². The predicted octanol–water partition coefficient (Wildman–Crippen LogP) is 3.15. The standard InChI is InChI=1S/C16H12O4/c17-15(18)10-9-11-5-1-2-6-12(11)13-7-3-4-8-14(13)16(19)20/h1-10H,(H,17,18)(H,19,20)/b10-9+. The number of carbonyl (C=O) groups is 2. The van der Waals surface area contributed by atoms with Crippen molar-refractivity contribution in [3.05, 3.63) is 65.7 Å². The van der Waals surface area contributed by atoms with E-state index in [-0.39, 0.29) is 5.56 Å². The predicted molar refractivity (Wildman–Crippen MR) is 75.5 cm³/mol. The van der Waals surface area contributed by atoms with Crippen LogP contribution in [0.25, 0.3) is 17.2 Å². The summed E-state index contributed by atoms with van der Waals surface area (Å²) in [6.07, 6.45) is 2.48. The first kappa shape index (κ1) is 13.5. The van der Waals surface area contributed by atoms with E-state index in [1.807, 2.05) is 0 Å². The van der Waals surface area contributed by atoms with Crippen molar-refractivity contribution in [2.75, 3.05) is 0 Å². The SMILES string of the molecule is O=C(O)/C=C/c1ccccc1-c1ccccc1C(=O)O. The summed E-state index contributed by atoms with van der Waals surface area (Å²) in [5.74, 6) is -2.07. The fourth-order valence-electron chi connectivity index (χ4n) is 1.95. The number of rotatable bonds is 4. The van der Waals surface area contributed by atoms with Gasteiger partial charge in [-0.15, -0.1) is 0 Å². The van der Waals surface area contributed by atoms with Gasteiger partial charge in [-0.25, -0.2) is 9.59 Å². The van der Waals surface area contributed by atoms with Crippen LogP contribution in [0.2, 0.25) is 0 Å². The van der Waals surface area contributed by atoms with E-state index in [4.69, 9.17) is 5.11 Å². The first-order chi connectivity index (χ1) is 9.59. The molecule has 4 heteroatoms. The van der Waals surface area contributed by atoms with Crippen molar-refractivity contribution in [3.63, 3.8) is 0 Å². The zero-order valence-corrected chi connectivity index (χ0v) is 10.5. The minimum absolute atomic E-state index is 0.184. The molecule has 2 aromatic rings. The third-order valence-electron chi connectivity index (χ3n) is 2.81. The zero-order chi connectivity index (χ0) is 14.5. The van der Waals surface area contributed by atoms with Crippen LogP contribution in [0, 0.1) is 0 Å². The molecular weight excluding hydrogens is 256 g/mol. The van der Waals surface area contributed by atoms with E-state index in [2.05, 4.69) is 0 Å². The van der Waals surface area contributed by atoms with Crippen LogP contribution in [-0.2, 0) is 4.79 Å². The van der Waals surface area contributed by atoms with Gasteiger partial charge < -0.3 is 10.2 Å². The molecule has 2 N–H and O–H groups in total. The first-order valence-corrected chi connectivity index (χ1v) is 5.92. The van der Waals surface area contributed by atoms with Crippen molar-refractivity contribution in [1.82, 2.24) is 0 Å². The smallest absolute Gasteiger partial charge is 0.336 e. The molecule has 0 aliphatic rings. The quantitative estimate of drug-likeness (QED) is 0.835. The van der Waals surface area contributed by atoms with Crippen LogP contribution >= 0.6 is 0 Å². The molecule has 0 aliphatic heterocycles. The summed E-state index contributed by atoms with van der Waals surface area (Å²) in [6, 6.07) is 13.7. The summed E-state index contributed by atoms with van der Waals surface area (Å²) >= 11 is 0. The topological polar surface area (TPSA) is 74.6 Å². The molecular formula is C16H12O4. The second kappa shape index (κ2) is 5.84. The molecule has 0 heterocycles. The van der Waals surface area contributed by atoms with Gasteiger partial charge in [-0.3, -0.25) is 0 Å². The molecule has 0 aromatic heterocycles. The Hall–Kier alpha value is -2.88. The fraction of sp³-hybridized carbons (Fsp3) is 0.